The number of ether oxygens (including phenoxy) is 1. The summed E-state index contributed by atoms with van der Waals surface area (Å²) < 4.78 is 19.4. The smallest absolute Gasteiger partial charge is 0.183 e. The second-order valence-electron chi connectivity index (χ2n) is 3.45. The van der Waals surface area contributed by atoms with Crippen LogP contribution in [-0.2, 0) is 4.74 Å². The zero-order chi connectivity index (χ0) is 10.8. The summed E-state index contributed by atoms with van der Waals surface area (Å²) in [5, 5.41) is 0. The molecule has 4 heteroatoms. The van der Waals surface area contributed by atoms with Gasteiger partial charge in [-0.15, -0.1) is 0 Å². The number of hydrogen-bond donors (Lipinski definition) is 0. The number of benzene rings is 1. The molecule has 15 heavy (non-hydrogen) atoms. The van der Waals surface area contributed by atoms with Crippen LogP contribution in [0.15, 0.2) is 27.7 Å². The third-order valence-corrected chi connectivity index (χ3v) is 2.98. The van der Waals surface area contributed by atoms with Crippen LogP contribution >= 0.6 is 15.9 Å². The molecule has 0 spiro atoms. The first-order valence-electron chi connectivity index (χ1n) is 4.76. The number of rotatable bonds is 1. The third-order valence-electron chi connectivity index (χ3n) is 2.49. The van der Waals surface area contributed by atoms with E-state index in [1.807, 2.05) is 6.07 Å². The van der Waals surface area contributed by atoms with E-state index in [4.69, 9.17) is 4.74 Å². The molecule has 1 aromatic rings. The summed E-state index contributed by atoms with van der Waals surface area (Å²) in [7, 11) is 1.60. The Morgan fingerprint density at radius 2 is 2.33 bits per heavy atom. The van der Waals surface area contributed by atoms with Crippen molar-refractivity contribution < 1.29 is 9.13 Å². The van der Waals surface area contributed by atoms with Gasteiger partial charge in [0.1, 0.15) is 5.82 Å². The second-order valence-corrected chi connectivity index (χ2v) is 4.36. The first-order chi connectivity index (χ1) is 7.20. The van der Waals surface area contributed by atoms with Crippen molar-refractivity contribution in [3.05, 3.63) is 34.1 Å². The summed E-state index contributed by atoms with van der Waals surface area (Å²) in [5.74, 6) is 0.498. The molecule has 0 aliphatic carbocycles. The summed E-state index contributed by atoms with van der Waals surface area (Å²) in [6.45, 7) is 0. The molecule has 2 nitrogen and oxygen atoms in total. The monoisotopic (exact) mass is 271 g/mol. The Morgan fingerprint density at radius 1 is 1.53 bits per heavy atom. The quantitative estimate of drug-likeness (QED) is 0.767. The van der Waals surface area contributed by atoms with E-state index >= 15 is 0 Å². The lowest BCUT2D eigenvalue weighted by molar-refractivity contribution is 0.395. The van der Waals surface area contributed by atoms with Crippen molar-refractivity contribution in [2.45, 2.75) is 18.9 Å². The van der Waals surface area contributed by atoms with Crippen molar-refractivity contribution in [2.24, 2.45) is 4.99 Å². The number of nitrogens with zero attached hydrogens (tertiary/aromatic N) is 1. The molecule has 80 valence electrons. The maximum Gasteiger partial charge on any atom is 0.183 e. The molecule has 2 rings (SSSR count). The average Bonchev–Trinajstić information content (AvgIpc) is 2.66. The maximum atomic E-state index is 13.6. The Kier molecular flexibility index (Phi) is 3.05. The van der Waals surface area contributed by atoms with Crippen LogP contribution in [0.1, 0.15) is 24.4 Å². The van der Waals surface area contributed by atoms with Gasteiger partial charge in [0.2, 0.25) is 0 Å². The van der Waals surface area contributed by atoms with Gasteiger partial charge in [-0.1, -0.05) is 22.0 Å². The lowest BCUT2D eigenvalue weighted by Crippen LogP contribution is -1.95. The van der Waals surface area contributed by atoms with Gasteiger partial charge in [-0.25, -0.2) is 9.38 Å². The van der Waals surface area contributed by atoms with Gasteiger partial charge < -0.3 is 4.74 Å². The predicted octanol–water partition coefficient (Wildman–Crippen LogP) is 3.47. The highest BCUT2D eigenvalue weighted by atomic mass is 79.9. The van der Waals surface area contributed by atoms with Crippen molar-refractivity contribution >= 4 is 21.8 Å². The van der Waals surface area contributed by atoms with Gasteiger partial charge in [-0.3, -0.25) is 0 Å². The molecule has 0 aromatic heterocycles. The SMILES string of the molecule is COC1=NC(c2ccc(Br)cc2F)CC1. The fraction of sp³-hybridized carbons (Fsp3) is 0.364. The van der Waals surface area contributed by atoms with Gasteiger partial charge >= 0.3 is 0 Å². The molecule has 0 amide bonds. The van der Waals surface area contributed by atoms with E-state index in [-0.39, 0.29) is 11.9 Å². The van der Waals surface area contributed by atoms with Crippen LogP contribution < -0.4 is 0 Å². The second kappa shape index (κ2) is 4.31. The van der Waals surface area contributed by atoms with E-state index in [1.165, 1.54) is 6.07 Å². The molecule has 1 unspecified atom stereocenters. The van der Waals surface area contributed by atoms with Crippen LogP contribution in [0, 0.1) is 5.82 Å². The van der Waals surface area contributed by atoms with Gasteiger partial charge in [0.25, 0.3) is 0 Å². The van der Waals surface area contributed by atoms with E-state index in [0.29, 0.717) is 11.5 Å². The molecule has 1 aliphatic heterocycles. The van der Waals surface area contributed by atoms with Crippen LogP contribution in [-0.4, -0.2) is 13.0 Å². The molecular weight excluding hydrogens is 261 g/mol. The third kappa shape index (κ3) is 2.20. The van der Waals surface area contributed by atoms with Crippen molar-refractivity contribution in [1.29, 1.82) is 0 Å². The molecule has 1 heterocycles. The fourth-order valence-electron chi connectivity index (χ4n) is 1.71. The van der Waals surface area contributed by atoms with E-state index in [2.05, 4.69) is 20.9 Å². The normalized spacial score (nSPS) is 20.2. The highest BCUT2D eigenvalue weighted by Gasteiger charge is 2.22. The largest absolute Gasteiger partial charge is 0.484 e. The Bertz CT molecular complexity index is 406. The van der Waals surface area contributed by atoms with E-state index < -0.39 is 0 Å². The number of halogens is 2. The van der Waals surface area contributed by atoms with Crippen molar-refractivity contribution in [2.75, 3.05) is 7.11 Å². The molecule has 0 N–H and O–H groups in total. The average molecular weight is 272 g/mol. The van der Waals surface area contributed by atoms with E-state index in [1.54, 1.807) is 13.2 Å². The molecule has 1 atom stereocenters. The van der Waals surface area contributed by atoms with Crippen LogP contribution in [0.4, 0.5) is 4.39 Å². The Hall–Kier alpha value is -0.900. The van der Waals surface area contributed by atoms with Crippen LogP contribution in [0.3, 0.4) is 0 Å². The summed E-state index contributed by atoms with van der Waals surface area (Å²) in [4.78, 5) is 4.31. The van der Waals surface area contributed by atoms with Crippen LogP contribution in [0.5, 0.6) is 0 Å². The van der Waals surface area contributed by atoms with Gasteiger partial charge in [0, 0.05) is 16.5 Å². The first kappa shape index (κ1) is 10.6. The van der Waals surface area contributed by atoms with Crippen molar-refractivity contribution in [3.63, 3.8) is 0 Å². The fourth-order valence-corrected chi connectivity index (χ4v) is 2.05. The standard InChI is InChI=1S/C11H11BrFNO/c1-15-11-5-4-10(14-11)8-3-2-7(12)6-9(8)13/h2-3,6,10H,4-5H2,1H3. The van der Waals surface area contributed by atoms with E-state index in [0.717, 1.165) is 17.3 Å². The number of aliphatic imine (C=N–C) groups is 1. The predicted molar refractivity (Wildman–Crippen MR) is 60.5 cm³/mol. The molecule has 1 aromatic carbocycles. The van der Waals surface area contributed by atoms with Crippen LogP contribution in [0.25, 0.3) is 0 Å². The molecule has 0 bridgehead atoms. The van der Waals surface area contributed by atoms with Gasteiger partial charge in [0.05, 0.1) is 13.2 Å². The topological polar surface area (TPSA) is 21.6 Å². The Labute approximate surface area is 96.3 Å². The van der Waals surface area contributed by atoms with Crippen molar-refractivity contribution in [3.8, 4) is 0 Å². The lowest BCUT2D eigenvalue weighted by atomic mass is 10.0. The summed E-state index contributed by atoms with van der Waals surface area (Å²) in [6.07, 6.45) is 1.61. The summed E-state index contributed by atoms with van der Waals surface area (Å²) in [5.41, 5.74) is 0.644. The zero-order valence-corrected chi connectivity index (χ0v) is 9.92. The van der Waals surface area contributed by atoms with Crippen molar-refractivity contribution in [1.82, 2.24) is 0 Å². The number of methoxy groups -OCH3 is 1. The Morgan fingerprint density at radius 3 is 2.93 bits per heavy atom. The van der Waals surface area contributed by atoms with Gasteiger partial charge in [0.15, 0.2) is 5.90 Å². The minimum absolute atomic E-state index is 0.0898. The van der Waals surface area contributed by atoms with Crippen LogP contribution in [0.2, 0.25) is 0 Å². The minimum Gasteiger partial charge on any atom is -0.484 e. The highest BCUT2D eigenvalue weighted by molar-refractivity contribution is 9.10. The first-order valence-corrected chi connectivity index (χ1v) is 5.55. The Balaban J connectivity index is 2.27. The molecule has 0 saturated heterocycles. The molecular formula is C11H11BrFNO. The minimum atomic E-state index is -0.213. The summed E-state index contributed by atoms with van der Waals surface area (Å²) >= 11 is 3.23. The lowest BCUT2D eigenvalue weighted by Gasteiger charge is -2.07. The number of hydrogen-bond acceptors (Lipinski definition) is 2. The zero-order valence-electron chi connectivity index (χ0n) is 8.34. The highest BCUT2D eigenvalue weighted by Crippen LogP contribution is 2.31. The van der Waals surface area contributed by atoms with E-state index in [9.17, 15) is 4.39 Å². The molecule has 1 aliphatic rings. The maximum absolute atomic E-state index is 13.6. The molecule has 0 fully saturated rings. The van der Waals surface area contributed by atoms with Gasteiger partial charge in [-0.05, 0) is 18.6 Å². The molecule has 0 saturated carbocycles. The van der Waals surface area contributed by atoms with Gasteiger partial charge in [-0.2, -0.15) is 0 Å². The summed E-state index contributed by atoms with van der Waals surface area (Å²) in [6, 6.07) is 4.98. The molecule has 0 radical (unpaired) electrons.